The number of benzene rings is 1. The van der Waals surface area contributed by atoms with Crippen LogP contribution in [0, 0.1) is 0 Å². The van der Waals surface area contributed by atoms with Crippen molar-refractivity contribution in [3.8, 4) is 5.75 Å². The maximum Gasteiger partial charge on any atom is 0.494 e. The predicted molar refractivity (Wildman–Crippen MR) is 84.5 cm³/mol. The van der Waals surface area contributed by atoms with Gasteiger partial charge in [0, 0.05) is 7.11 Å². The van der Waals surface area contributed by atoms with Crippen LogP contribution in [0.2, 0.25) is 5.02 Å². The summed E-state index contributed by atoms with van der Waals surface area (Å²) < 4.78 is 22.5. The fourth-order valence-electron chi connectivity index (χ4n) is 1.99. The van der Waals surface area contributed by atoms with Crippen molar-refractivity contribution in [3.63, 3.8) is 0 Å². The topological polar surface area (TPSA) is 36.9 Å². The zero-order valence-electron chi connectivity index (χ0n) is 13.2. The number of rotatable bonds is 5. The second-order valence-corrected chi connectivity index (χ2v) is 6.53. The smallest absolute Gasteiger partial charge is 0.490 e. The Balaban J connectivity index is 2.11. The lowest BCUT2D eigenvalue weighted by Crippen LogP contribution is -2.41. The molecule has 2 rings (SSSR count). The van der Waals surface area contributed by atoms with Crippen molar-refractivity contribution in [1.29, 1.82) is 0 Å². The number of hydrogen-bond donors (Lipinski definition) is 0. The molecule has 116 valence electrons. The summed E-state index contributed by atoms with van der Waals surface area (Å²) in [7, 11) is 1.22. The summed E-state index contributed by atoms with van der Waals surface area (Å²) >= 11 is 6.25. The summed E-state index contributed by atoms with van der Waals surface area (Å²) in [5.74, 6) is 0.633. The molecular formula is C15H22BClO4. The van der Waals surface area contributed by atoms with E-state index in [1.54, 1.807) is 7.11 Å². The van der Waals surface area contributed by atoms with Gasteiger partial charge in [-0.2, -0.15) is 0 Å². The fraction of sp³-hybridized carbons (Fsp3) is 0.600. The molecule has 0 bridgehead atoms. The molecule has 1 aliphatic heterocycles. The highest BCUT2D eigenvalue weighted by molar-refractivity contribution is 6.62. The largest absolute Gasteiger partial charge is 0.494 e. The predicted octanol–water partition coefficient (Wildman–Crippen LogP) is 2.66. The number of hydrogen-bond acceptors (Lipinski definition) is 4. The zero-order valence-corrected chi connectivity index (χ0v) is 14.0. The Morgan fingerprint density at radius 3 is 2.24 bits per heavy atom. The molecule has 0 spiro atoms. The third-order valence-electron chi connectivity index (χ3n) is 4.03. The Kier molecular flexibility index (Phi) is 4.88. The minimum Gasteiger partial charge on any atom is -0.490 e. The van der Waals surface area contributed by atoms with Crippen LogP contribution in [0.3, 0.4) is 0 Å². The van der Waals surface area contributed by atoms with E-state index in [0.29, 0.717) is 24.0 Å². The molecule has 1 saturated heterocycles. The molecule has 0 aromatic heterocycles. The van der Waals surface area contributed by atoms with Gasteiger partial charge in [-0.1, -0.05) is 17.7 Å². The molecule has 0 atom stereocenters. The fourth-order valence-corrected chi connectivity index (χ4v) is 2.24. The van der Waals surface area contributed by atoms with Crippen molar-refractivity contribution in [2.45, 2.75) is 38.9 Å². The minimum atomic E-state index is -0.416. The van der Waals surface area contributed by atoms with Crippen LogP contribution in [-0.2, 0) is 14.0 Å². The van der Waals surface area contributed by atoms with Crippen molar-refractivity contribution in [3.05, 3.63) is 23.2 Å². The molecule has 1 heterocycles. The molecule has 0 aliphatic carbocycles. The van der Waals surface area contributed by atoms with Crippen molar-refractivity contribution < 1.29 is 18.8 Å². The van der Waals surface area contributed by atoms with Gasteiger partial charge in [0.15, 0.2) is 0 Å². The van der Waals surface area contributed by atoms with E-state index in [4.69, 9.17) is 30.4 Å². The first-order valence-corrected chi connectivity index (χ1v) is 7.41. The average Bonchev–Trinajstić information content (AvgIpc) is 2.60. The van der Waals surface area contributed by atoms with Gasteiger partial charge in [0.1, 0.15) is 12.4 Å². The highest BCUT2D eigenvalue weighted by atomic mass is 35.5. The molecule has 4 nitrogen and oxygen atoms in total. The van der Waals surface area contributed by atoms with Crippen LogP contribution in [0.25, 0.3) is 0 Å². The normalized spacial score (nSPS) is 19.8. The third kappa shape index (κ3) is 3.54. The van der Waals surface area contributed by atoms with Crippen LogP contribution in [-0.4, -0.2) is 38.6 Å². The van der Waals surface area contributed by atoms with Crippen LogP contribution in [0.5, 0.6) is 5.75 Å². The zero-order chi connectivity index (χ0) is 15.7. The molecule has 0 saturated carbocycles. The molecular weight excluding hydrogens is 290 g/mol. The van der Waals surface area contributed by atoms with Gasteiger partial charge in [0.25, 0.3) is 0 Å². The Labute approximate surface area is 131 Å². The molecule has 1 aromatic carbocycles. The lowest BCUT2D eigenvalue weighted by Gasteiger charge is -2.32. The van der Waals surface area contributed by atoms with Crippen molar-refractivity contribution >= 4 is 24.2 Å². The van der Waals surface area contributed by atoms with E-state index < -0.39 is 7.12 Å². The lowest BCUT2D eigenvalue weighted by molar-refractivity contribution is 0.00578. The Morgan fingerprint density at radius 1 is 1.10 bits per heavy atom. The second-order valence-electron chi connectivity index (χ2n) is 6.12. The number of ether oxygens (including phenoxy) is 2. The van der Waals surface area contributed by atoms with Crippen LogP contribution in [0.4, 0.5) is 0 Å². The first kappa shape index (κ1) is 16.6. The summed E-state index contributed by atoms with van der Waals surface area (Å²) in [6, 6.07) is 5.57. The summed E-state index contributed by atoms with van der Waals surface area (Å²) in [4.78, 5) is 0. The summed E-state index contributed by atoms with van der Waals surface area (Å²) in [5.41, 5.74) is 0.160. The van der Waals surface area contributed by atoms with Gasteiger partial charge in [-0.05, 0) is 45.3 Å². The standard InChI is InChI=1S/C15H22BClO4/c1-14(2)15(3,4)21-16(20-14)11-6-7-13(12(17)10-11)19-9-8-18-5/h6-7,10H,8-9H2,1-5H3. The molecule has 6 heteroatoms. The van der Waals surface area contributed by atoms with Crippen LogP contribution in [0.15, 0.2) is 18.2 Å². The van der Waals surface area contributed by atoms with E-state index in [-0.39, 0.29) is 11.2 Å². The maximum absolute atomic E-state index is 6.25. The van der Waals surface area contributed by atoms with Gasteiger partial charge in [-0.15, -0.1) is 0 Å². The van der Waals surface area contributed by atoms with Gasteiger partial charge < -0.3 is 18.8 Å². The summed E-state index contributed by atoms with van der Waals surface area (Å²) in [5, 5.41) is 0.540. The minimum absolute atomic E-state index is 0.363. The summed E-state index contributed by atoms with van der Waals surface area (Å²) in [6.07, 6.45) is 0. The SMILES string of the molecule is COCCOc1ccc(B2OC(C)(C)C(C)(C)O2)cc1Cl. The number of halogens is 1. The molecule has 0 unspecified atom stereocenters. The molecule has 0 radical (unpaired) electrons. The monoisotopic (exact) mass is 312 g/mol. The average molecular weight is 313 g/mol. The lowest BCUT2D eigenvalue weighted by atomic mass is 9.79. The van der Waals surface area contributed by atoms with Crippen LogP contribution in [0.1, 0.15) is 27.7 Å². The van der Waals surface area contributed by atoms with Crippen LogP contribution < -0.4 is 10.2 Å². The Morgan fingerprint density at radius 2 is 1.71 bits per heavy atom. The van der Waals surface area contributed by atoms with E-state index >= 15 is 0 Å². The van der Waals surface area contributed by atoms with Crippen molar-refractivity contribution in [2.75, 3.05) is 20.3 Å². The van der Waals surface area contributed by atoms with Gasteiger partial charge in [-0.25, -0.2) is 0 Å². The molecule has 0 N–H and O–H groups in total. The van der Waals surface area contributed by atoms with E-state index in [1.807, 2.05) is 45.9 Å². The number of methoxy groups -OCH3 is 1. The molecule has 0 amide bonds. The first-order valence-electron chi connectivity index (χ1n) is 7.04. The first-order chi connectivity index (χ1) is 9.77. The van der Waals surface area contributed by atoms with Crippen molar-refractivity contribution in [2.24, 2.45) is 0 Å². The third-order valence-corrected chi connectivity index (χ3v) is 4.32. The van der Waals surface area contributed by atoms with Gasteiger partial charge in [0.05, 0.1) is 22.8 Å². The maximum atomic E-state index is 6.25. The Hall–Kier alpha value is -0.745. The van der Waals surface area contributed by atoms with E-state index in [1.165, 1.54) is 0 Å². The van der Waals surface area contributed by atoms with Crippen molar-refractivity contribution in [1.82, 2.24) is 0 Å². The highest BCUT2D eigenvalue weighted by Gasteiger charge is 2.51. The second kappa shape index (κ2) is 6.17. The summed E-state index contributed by atoms with van der Waals surface area (Å²) in [6.45, 7) is 9.09. The molecule has 1 aliphatic rings. The van der Waals surface area contributed by atoms with Gasteiger partial charge in [-0.3, -0.25) is 0 Å². The van der Waals surface area contributed by atoms with Gasteiger partial charge >= 0.3 is 7.12 Å². The van der Waals surface area contributed by atoms with E-state index in [9.17, 15) is 0 Å². The van der Waals surface area contributed by atoms with Gasteiger partial charge in [0.2, 0.25) is 0 Å². The molecule has 1 aromatic rings. The molecule has 21 heavy (non-hydrogen) atoms. The van der Waals surface area contributed by atoms with Crippen LogP contribution >= 0.6 is 11.6 Å². The Bertz CT molecular complexity index is 488. The molecule has 1 fully saturated rings. The highest BCUT2D eigenvalue weighted by Crippen LogP contribution is 2.36. The van der Waals surface area contributed by atoms with E-state index in [0.717, 1.165) is 5.46 Å². The van der Waals surface area contributed by atoms with E-state index in [2.05, 4.69) is 0 Å². The quantitative estimate of drug-likeness (QED) is 0.619.